The predicted molar refractivity (Wildman–Crippen MR) is 105 cm³/mol. The first-order valence-electron chi connectivity index (χ1n) is 8.55. The molecule has 4 nitrogen and oxygen atoms in total. The number of anilines is 2. The quantitative estimate of drug-likeness (QED) is 0.683. The van der Waals surface area contributed by atoms with E-state index in [9.17, 15) is 18.0 Å². The molecular formula is C19H18ClF3N2O2S. The lowest BCUT2D eigenvalue weighted by Gasteiger charge is -2.31. The molecule has 0 spiro atoms. The zero-order chi connectivity index (χ0) is 20.1. The predicted octanol–water partition coefficient (Wildman–Crippen LogP) is 4.93. The van der Waals surface area contributed by atoms with Gasteiger partial charge in [-0.2, -0.15) is 13.2 Å². The zero-order valence-corrected chi connectivity index (χ0v) is 16.3. The molecule has 0 bridgehead atoms. The van der Waals surface area contributed by atoms with E-state index >= 15 is 0 Å². The SMILES string of the molecule is O=C(CSc1ccc(Cl)cc1)Nc1cc(C(F)(F)F)ccc1N1CCOCC1. The van der Waals surface area contributed by atoms with Crippen LogP contribution in [0.15, 0.2) is 47.4 Å². The van der Waals surface area contributed by atoms with E-state index in [1.54, 1.807) is 24.3 Å². The molecule has 0 atom stereocenters. The van der Waals surface area contributed by atoms with Crippen molar-refractivity contribution in [3.63, 3.8) is 0 Å². The summed E-state index contributed by atoms with van der Waals surface area (Å²) in [6, 6.07) is 10.4. The lowest BCUT2D eigenvalue weighted by atomic mass is 10.1. The molecule has 1 fully saturated rings. The summed E-state index contributed by atoms with van der Waals surface area (Å²) in [4.78, 5) is 15.1. The molecule has 1 aliphatic heterocycles. The Morgan fingerprint density at radius 3 is 2.46 bits per heavy atom. The van der Waals surface area contributed by atoms with E-state index in [1.165, 1.54) is 17.8 Å². The molecule has 3 rings (SSSR count). The van der Waals surface area contributed by atoms with E-state index in [2.05, 4.69) is 5.32 Å². The smallest absolute Gasteiger partial charge is 0.378 e. The summed E-state index contributed by atoms with van der Waals surface area (Å²) in [5.74, 6) is -0.311. The van der Waals surface area contributed by atoms with Crippen molar-refractivity contribution in [3.8, 4) is 0 Å². The Balaban J connectivity index is 1.75. The minimum atomic E-state index is -4.49. The van der Waals surface area contributed by atoms with Crippen LogP contribution in [0.5, 0.6) is 0 Å². The lowest BCUT2D eigenvalue weighted by Crippen LogP contribution is -2.37. The first kappa shape index (κ1) is 20.8. The number of rotatable bonds is 5. The van der Waals surface area contributed by atoms with Crippen LogP contribution < -0.4 is 10.2 Å². The van der Waals surface area contributed by atoms with Crippen LogP contribution in [0, 0.1) is 0 Å². The normalized spacial score (nSPS) is 14.8. The Morgan fingerprint density at radius 2 is 1.82 bits per heavy atom. The highest BCUT2D eigenvalue weighted by atomic mass is 35.5. The Bertz CT molecular complexity index is 825. The maximum atomic E-state index is 13.1. The van der Waals surface area contributed by atoms with E-state index in [4.69, 9.17) is 16.3 Å². The molecular weight excluding hydrogens is 413 g/mol. The highest BCUT2D eigenvalue weighted by Gasteiger charge is 2.31. The van der Waals surface area contributed by atoms with Crippen molar-refractivity contribution in [2.24, 2.45) is 0 Å². The van der Waals surface area contributed by atoms with Crippen LogP contribution in [0.2, 0.25) is 5.02 Å². The molecule has 150 valence electrons. The van der Waals surface area contributed by atoms with Crippen molar-refractivity contribution >= 4 is 40.6 Å². The van der Waals surface area contributed by atoms with Crippen LogP contribution in [-0.2, 0) is 15.7 Å². The van der Waals surface area contributed by atoms with Gasteiger partial charge in [0.25, 0.3) is 0 Å². The van der Waals surface area contributed by atoms with Gasteiger partial charge in [0.05, 0.1) is 35.9 Å². The second kappa shape index (κ2) is 9.07. The van der Waals surface area contributed by atoms with E-state index in [-0.39, 0.29) is 17.3 Å². The van der Waals surface area contributed by atoms with Crippen LogP contribution >= 0.6 is 23.4 Å². The summed E-state index contributed by atoms with van der Waals surface area (Å²) in [7, 11) is 0. The van der Waals surface area contributed by atoms with Crippen LogP contribution in [0.25, 0.3) is 0 Å². The molecule has 9 heteroatoms. The molecule has 0 saturated carbocycles. The third kappa shape index (κ3) is 5.56. The number of hydrogen-bond acceptors (Lipinski definition) is 4. The second-order valence-corrected chi connectivity index (χ2v) is 7.61. The van der Waals surface area contributed by atoms with E-state index in [0.29, 0.717) is 37.0 Å². The van der Waals surface area contributed by atoms with Gasteiger partial charge in [-0.05, 0) is 42.5 Å². The largest absolute Gasteiger partial charge is 0.416 e. The molecule has 1 amide bonds. The molecule has 0 aliphatic carbocycles. The van der Waals surface area contributed by atoms with Gasteiger partial charge in [-0.15, -0.1) is 11.8 Å². The highest BCUT2D eigenvalue weighted by Crippen LogP contribution is 2.36. The maximum absolute atomic E-state index is 13.1. The van der Waals surface area contributed by atoms with Gasteiger partial charge in [0.2, 0.25) is 5.91 Å². The zero-order valence-electron chi connectivity index (χ0n) is 14.8. The molecule has 1 heterocycles. The minimum absolute atomic E-state index is 0.0699. The minimum Gasteiger partial charge on any atom is -0.378 e. The number of thioether (sulfide) groups is 1. The first-order chi connectivity index (χ1) is 13.3. The molecule has 0 aromatic heterocycles. The molecule has 1 aliphatic rings. The number of nitrogens with zero attached hydrogens (tertiary/aromatic N) is 1. The van der Waals surface area contributed by atoms with Gasteiger partial charge >= 0.3 is 6.18 Å². The third-order valence-electron chi connectivity index (χ3n) is 4.13. The molecule has 0 unspecified atom stereocenters. The third-order valence-corrected chi connectivity index (χ3v) is 5.40. The fourth-order valence-corrected chi connectivity index (χ4v) is 3.58. The Hall–Kier alpha value is -1.90. The second-order valence-electron chi connectivity index (χ2n) is 6.12. The van der Waals surface area contributed by atoms with Crippen LogP contribution in [-0.4, -0.2) is 38.0 Å². The molecule has 2 aromatic carbocycles. The number of hydrogen-bond donors (Lipinski definition) is 1. The van der Waals surface area contributed by atoms with Crippen LogP contribution in [0.3, 0.4) is 0 Å². The maximum Gasteiger partial charge on any atom is 0.416 e. The van der Waals surface area contributed by atoms with Gasteiger partial charge in [-0.3, -0.25) is 4.79 Å². The molecule has 2 aromatic rings. The summed E-state index contributed by atoms with van der Waals surface area (Å²) >= 11 is 7.11. The summed E-state index contributed by atoms with van der Waals surface area (Å²) in [6.07, 6.45) is -4.49. The molecule has 1 N–H and O–H groups in total. The number of halogens is 4. The van der Waals surface area contributed by atoms with E-state index in [1.807, 2.05) is 4.90 Å². The summed E-state index contributed by atoms with van der Waals surface area (Å²) in [5.41, 5.74) is -0.0928. The summed E-state index contributed by atoms with van der Waals surface area (Å²) in [5, 5.41) is 3.22. The first-order valence-corrected chi connectivity index (χ1v) is 9.91. The van der Waals surface area contributed by atoms with Gasteiger partial charge in [-0.1, -0.05) is 11.6 Å². The van der Waals surface area contributed by atoms with E-state index < -0.39 is 11.7 Å². The van der Waals surface area contributed by atoms with Crippen molar-refractivity contribution in [2.75, 3.05) is 42.3 Å². The number of carbonyl (C=O) groups is 1. The van der Waals surface area contributed by atoms with Gasteiger partial charge in [0, 0.05) is 23.0 Å². The van der Waals surface area contributed by atoms with Crippen molar-refractivity contribution in [1.82, 2.24) is 0 Å². The van der Waals surface area contributed by atoms with Gasteiger partial charge in [-0.25, -0.2) is 0 Å². The number of benzene rings is 2. The van der Waals surface area contributed by atoms with Crippen molar-refractivity contribution in [2.45, 2.75) is 11.1 Å². The topological polar surface area (TPSA) is 41.6 Å². The number of morpholine rings is 1. The Morgan fingerprint density at radius 1 is 1.14 bits per heavy atom. The lowest BCUT2D eigenvalue weighted by molar-refractivity contribution is -0.137. The van der Waals surface area contributed by atoms with Gasteiger partial charge < -0.3 is 15.0 Å². The summed E-state index contributed by atoms with van der Waals surface area (Å²) < 4.78 is 44.7. The van der Waals surface area contributed by atoms with E-state index in [0.717, 1.165) is 17.0 Å². The average Bonchev–Trinajstić information content (AvgIpc) is 2.67. The number of alkyl halides is 3. The number of nitrogens with one attached hydrogen (secondary N) is 1. The van der Waals surface area contributed by atoms with Crippen molar-refractivity contribution < 1.29 is 22.7 Å². The van der Waals surface area contributed by atoms with Gasteiger partial charge in [0.1, 0.15) is 0 Å². The molecule has 28 heavy (non-hydrogen) atoms. The molecule has 0 radical (unpaired) electrons. The van der Waals surface area contributed by atoms with Crippen LogP contribution in [0.1, 0.15) is 5.56 Å². The average molecular weight is 431 g/mol. The number of amides is 1. The summed E-state index contributed by atoms with van der Waals surface area (Å²) in [6.45, 7) is 2.07. The molecule has 1 saturated heterocycles. The van der Waals surface area contributed by atoms with Crippen molar-refractivity contribution in [1.29, 1.82) is 0 Å². The van der Waals surface area contributed by atoms with Gasteiger partial charge in [0.15, 0.2) is 0 Å². The fraction of sp³-hybridized carbons (Fsp3) is 0.316. The monoisotopic (exact) mass is 430 g/mol. The number of ether oxygens (including phenoxy) is 1. The van der Waals surface area contributed by atoms with Crippen LogP contribution in [0.4, 0.5) is 24.5 Å². The standard InChI is InChI=1S/C19H18ClF3N2O2S/c20-14-2-4-15(5-3-14)28-12-18(26)24-16-11-13(19(21,22)23)1-6-17(16)25-7-9-27-10-8-25/h1-6,11H,7-10,12H2,(H,24,26). The fourth-order valence-electron chi connectivity index (χ4n) is 2.76. The number of carbonyl (C=O) groups excluding carboxylic acids is 1. The Kier molecular flexibility index (Phi) is 6.74. The highest BCUT2D eigenvalue weighted by molar-refractivity contribution is 8.00. The Labute approximate surface area is 170 Å². The van der Waals surface area contributed by atoms with Crippen molar-refractivity contribution in [3.05, 3.63) is 53.1 Å².